The van der Waals surface area contributed by atoms with E-state index in [1.165, 1.54) is 21.8 Å². The zero-order valence-corrected chi connectivity index (χ0v) is 17.5. The van der Waals surface area contributed by atoms with Crippen LogP contribution in [0.2, 0.25) is 0 Å². The second kappa shape index (κ2) is 9.68. The molecule has 26 heavy (non-hydrogen) atoms. The van der Waals surface area contributed by atoms with Crippen LogP contribution in [0.5, 0.6) is 0 Å². The molecule has 0 saturated heterocycles. The number of aliphatic imine (C=N–C) groups is 1. The molecule has 0 spiro atoms. The molecular weight excluding hydrogens is 368 g/mol. The van der Waals surface area contributed by atoms with E-state index in [0.29, 0.717) is 23.7 Å². The number of rotatable bonds is 7. The average Bonchev–Trinajstić information content (AvgIpc) is 3.19. The van der Waals surface area contributed by atoms with E-state index in [-0.39, 0.29) is 12.0 Å². The molecule has 1 unspecified atom stereocenters. The summed E-state index contributed by atoms with van der Waals surface area (Å²) in [4.78, 5) is 23.0. The van der Waals surface area contributed by atoms with Gasteiger partial charge in [0.15, 0.2) is 5.96 Å². The van der Waals surface area contributed by atoms with Gasteiger partial charge >= 0.3 is 5.97 Å². The molecule has 2 aromatic heterocycles. The smallest absolute Gasteiger partial charge is 0.350 e. The molecular formula is C18H26N4O2S2. The van der Waals surface area contributed by atoms with E-state index < -0.39 is 0 Å². The van der Waals surface area contributed by atoms with Gasteiger partial charge in [0.25, 0.3) is 0 Å². The van der Waals surface area contributed by atoms with E-state index in [9.17, 15) is 4.79 Å². The van der Waals surface area contributed by atoms with Gasteiger partial charge in [0.1, 0.15) is 9.88 Å². The van der Waals surface area contributed by atoms with Gasteiger partial charge in [0.05, 0.1) is 24.9 Å². The Kier molecular flexibility index (Phi) is 7.59. The summed E-state index contributed by atoms with van der Waals surface area (Å²) >= 11 is 3.08. The number of carbonyl (C=O) groups excluding carboxylic acids is 1. The molecule has 0 aliphatic rings. The van der Waals surface area contributed by atoms with E-state index in [2.05, 4.69) is 39.0 Å². The van der Waals surface area contributed by atoms with Crippen LogP contribution < -0.4 is 10.6 Å². The fourth-order valence-corrected chi connectivity index (χ4v) is 4.08. The number of hydrogen-bond acceptors (Lipinski definition) is 6. The summed E-state index contributed by atoms with van der Waals surface area (Å²) in [5, 5.41) is 9.54. The highest BCUT2D eigenvalue weighted by Gasteiger charge is 2.20. The Bertz CT molecular complexity index is 767. The summed E-state index contributed by atoms with van der Waals surface area (Å²) in [6, 6.07) is 2.04. The number of nitrogens with one attached hydrogen (secondary N) is 2. The standard InChI is InChI=1S/C18H26N4O2S2/c1-6-19-18(20-10-14-11(3)8-9-25-14)22-13(5)16-21-12(4)15(26-16)17(23)24-7-2/h8-9,13H,6-7,10H2,1-5H3,(H2,19,20,22). The van der Waals surface area contributed by atoms with E-state index in [1.807, 2.05) is 20.8 Å². The van der Waals surface area contributed by atoms with Crippen LogP contribution in [0.1, 0.15) is 57.6 Å². The number of hydrogen-bond donors (Lipinski definition) is 2. The van der Waals surface area contributed by atoms with Gasteiger partial charge < -0.3 is 15.4 Å². The summed E-state index contributed by atoms with van der Waals surface area (Å²) in [5.74, 6) is 0.424. The lowest BCUT2D eigenvalue weighted by atomic mass is 10.3. The lowest BCUT2D eigenvalue weighted by molar-refractivity contribution is 0.0531. The first kappa shape index (κ1) is 20.4. The van der Waals surface area contributed by atoms with Gasteiger partial charge in [0, 0.05) is 11.4 Å². The fourth-order valence-electron chi connectivity index (χ4n) is 2.29. The molecule has 0 aromatic carbocycles. The molecule has 0 amide bonds. The average molecular weight is 395 g/mol. The van der Waals surface area contributed by atoms with Crippen molar-refractivity contribution in [3.8, 4) is 0 Å². The summed E-state index contributed by atoms with van der Waals surface area (Å²) in [7, 11) is 0. The second-order valence-corrected chi connectivity index (χ2v) is 7.81. The molecule has 2 heterocycles. The third-order valence-corrected chi connectivity index (χ3v) is 6.02. The minimum atomic E-state index is -0.310. The van der Waals surface area contributed by atoms with E-state index in [0.717, 1.165) is 17.5 Å². The van der Waals surface area contributed by atoms with Gasteiger partial charge in [0.2, 0.25) is 0 Å². The Morgan fingerprint density at radius 2 is 2.15 bits per heavy atom. The summed E-state index contributed by atoms with van der Waals surface area (Å²) in [6.45, 7) is 11.5. The van der Waals surface area contributed by atoms with Gasteiger partial charge in [-0.05, 0) is 51.6 Å². The Morgan fingerprint density at radius 1 is 1.38 bits per heavy atom. The van der Waals surface area contributed by atoms with Crippen LogP contribution in [0.3, 0.4) is 0 Å². The van der Waals surface area contributed by atoms with Gasteiger partial charge in [-0.1, -0.05) is 0 Å². The molecule has 0 saturated carbocycles. The normalized spacial score (nSPS) is 12.7. The summed E-state index contributed by atoms with van der Waals surface area (Å²) in [5.41, 5.74) is 1.96. The van der Waals surface area contributed by atoms with Crippen LogP contribution in [-0.4, -0.2) is 30.1 Å². The number of esters is 1. The SMILES string of the molecule is CCNC(=NCc1sccc1C)NC(C)c1nc(C)c(C(=O)OCC)s1. The number of guanidine groups is 1. The minimum absolute atomic E-state index is 0.0656. The predicted molar refractivity (Wildman–Crippen MR) is 108 cm³/mol. The number of aromatic nitrogens is 1. The van der Waals surface area contributed by atoms with Crippen LogP contribution in [0.15, 0.2) is 16.4 Å². The number of ether oxygens (including phenoxy) is 1. The van der Waals surface area contributed by atoms with Crippen LogP contribution in [-0.2, 0) is 11.3 Å². The maximum Gasteiger partial charge on any atom is 0.350 e. The van der Waals surface area contributed by atoms with E-state index >= 15 is 0 Å². The maximum atomic E-state index is 12.0. The van der Waals surface area contributed by atoms with Crippen molar-refractivity contribution in [2.45, 2.75) is 47.2 Å². The molecule has 2 rings (SSSR count). The van der Waals surface area contributed by atoms with Crippen molar-refractivity contribution >= 4 is 34.6 Å². The van der Waals surface area contributed by atoms with Gasteiger partial charge in [-0.2, -0.15) is 0 Å². The Morgan fingerprint density at radius 3 is 2.77 bits per heavy atom. The summed E-state index contributed by atoms with van der Waals surface area (Å²) in [6.07, 6.45) is 0. The minimum Gasteiger partial charge on any atom is -0.462 e. The van der Waals surface area contributed by atoms with E-state index in [1.54, 1.807) is 18.3 Å². The van der Waals surface area contributed by atoms with E-state index in [4.69, 9.17) is 4.74 Å². The lowest BCUT2D eigenvalue weighted by Crippen LogP contribution is -2.38. The lowest BCUT2D eigenvalue weighted by Gasteiger charge is -2.16. The van der Waals surface area contributed by atoms with Crippen LogP contribution in [0.4, 0.5) is 0 Å². The zero-order valence-electron chi connectivity index (χ0n) is 15.9. The predicted octanol–water partition coefficient (Wildman–Crippen LogP) is 3.81. The number of thiazole rings is 1. The van der Waals surface area contributed by atoms with Crippen molar-refractivity contribution in [1.29, 1.82) is 0 Å². The Labute approximate surface area is 162 Å². The molecule has 6 nitrogen and oxygen atoms in total. The summed E-state index contributed by atoms with van der Waals surface area (Å²) < 4.78 is 5.09. The first-order valence-corrected chi connectivity index (χ1v) is 10.4. The highest BCUT2D eigenvalue weighted by Crippen LogP contribution is 2.24. The number of thiophene rings is 1. The molecule has 0 fully saturated rings. The first-order valence-electron chi connectivity index (χ1n) is 8.68. The van der Waals surface area contributed by atoms with Crippen LogP contribution >= 0.6 is 22.7 Å². The molecule has 142 valence electrons. The van der Waals surface area contributed by atoms with Gasteiger partial charge in [-0.15, -0.1) is 22.7 Å². The van der Waals surface area contributed by atoms with Crippen molar-refractivity contribution in [1.82, 2.24) is 15.6 Å². The van der Waals surface area contributed by atoms with Crippen molar-refractivity contribution in [2.75, 3.05) is 13.2 Å². The monoisotopic (exact) mass is 394 g/mol. The molecule has 0 aliphatic heterocycles. The Hall–Kier alpha value is -1.93. The third kappa shape index (κ3) is 5.28. The maximum absolute atomic E-state index is 12.0. The van der Waals surface area contributed by atoms with Gasteiger partial charge in [-0.3, -0.25) is 0 Å². The van der Waals surface area contributed by atoms with Crippen molar-refractivity contribution in [3.63, 3.8) is 0 Å². The van der Waals surface area contributed by atoms with Crippen LogP contribution in [0.25, 0.3) is 0 Å². The first-order chi connectivity index (χ1) is 12.5. The molecule has 1 atom stereocenters. The second-order valence-electron chi connectivity index (χ2n) is 5.78. The van der Waals surface area contributed by atoms with Crippen molar-refractivity contribution in [2.24, 2.45) is 4.99 Å². The van der Waals surface area contributed by atoms with Crippen molar-refractivity contribution < 1.29 is 9.53 Å². The molecule has 2 N–H and O–H groups in total. The Balaban J connectivity index is 2.09. The van der Waals surface area contributed by atoms with Crippen molar-refractivity contribution in [3.05, 3.63) is 37.5 Å². The quantitative estimate of drug-likeness (QED) is 0.424. The molecule has 8 heteroatoms. The largest absolute Gasteiger partial charge is 0.462 e. The highest BCUT2D eigenvalue weighted by molar-refractivity contribution is 7.13. The number of nitrogens with zero attached hydrogens (tertiary/aromatic N) is 2. The molecule has 2 aromatic rings. The number of aryl methyl sites for hydroxylation is 2. The molecule has 0 aliphatic carbocycles. The number of carbonyl (C=O) groups is 1. The highest BCUT2D eigenvalue weighted by atomic mass is 32.1. The fraction of sp³-hybridized carbons (Fsp3) is 0.500. The topological polar surface area (TPSA) is 75.6 Å². The third-order valence-electron chi connectivity index (χ3n) is 3.69. The molecule has 0 radical (unpaired) electrons. The zero-order chi connectivity index (χ0) is 19.1. The van der Waals surface area contributed by atoms with Gasteiger partial charge in [-0.25, -0.2) is 14.8 Å². The molecule has 0 bridgehead atoms. The van der Waals surface area contributed by atoms with Crippen LogP contribution in [0, 0.1) is 13.8 Å².